The molecule has 0 aromatic heterocycles. The molecule has 0 aliphatic heterocycles. The second-order valence-electron chi connectivity index (χ2n) is 5.22. The van der Waals surface area contributed by atoms with E-state index in [4.69, 9.17) is 0 Å². The lowest BCUT2D eigenvalue weighted by Gasteiger charge is -2.10. The van der Waals surface area contributed by atoms with Crippen LogP contribution in [0, 0.1) is 0 Å². The normalized spacial score (nSPS) is 13.0. The van der Waals surface area contributed by atoms with Gasteiger partial charge in [0.1, 0.15) is 0 Å². The van der Waals surface area contributed by atoms with Gasteiger partial charge in [0.15, 0.2) is 0 Å². The predicted molar refractivity (Wildman–Crippen MR) is 84.0 cm³/mol. The van der Waals surface area contributed by atoms with Crippen LogP contribution in [-0.4, -0.2) is 0 Å². The van der Waals surface area contributed by atoms with Gasteiger partial charge in [-0.15, -0.1) is 0 Å². The fourth-order valence-corrected chi connectivity index (χ4v) is 3.26. The van der Waals surface area contributed by atoms with Crippen LogP contribution < -0.4 is 0 Å². The van der Waals surface area contributed by atoms with Crippen molar-refractivity contribution in [3.63, 3.8) is 0 Å². The Balaban J connectivity index is 1.86. The van der Waals surface area contributed by atoms with Gasteiger partial charge in [-0.25, -0.2) is 0 Å². The monoisotopic (exact) mass is 306 g/mol. The maximum absolute atomic E-state index is 3.71. The molecule has 0 saturated heterocycles. The molecule has 0 atom stereocenters. The van der Waals surface area contributed by atoms with E-state index in [1.54, 1.807) is 0 Å². The number of unbranched alkanes of at least 4 members (excludes halogenated alkanes) is 5. The highest BCUT2D eigenvalue weighted by atomic mass is 79.9. The molecule has 0 spiro atoms. The van der Waals surface area contributed by atoms with E-state index < -0.39 is 0 Å². The van der Waals surface area contributed by atoms with Crippen LogP contribution in [0.1, 0.15) is 62.1 Å². The van der Waals surface area contributed by atoms with Crippen LogP contribution in [-0.2, 0) is 12.8 Å². The van der Waals surface area contributed by atoms with Crippen molar-refractivity contribution < 1.29 is 0 Å². The van der Waals surface area contributed by atoms with Gasteiger partial charge in [-0.1, -0.05) is 73.2 Å². The number of rotatable bonds is 7. The first-order valence-corrected chi connectivity index (χ1v) is 8.09. The maximum Gasteiger partial charge on any atom is 0.0213 e. The van der Waals surface area contributed by atoms with Crippen molar-refractivity contribution in [1.82, 2.24) is 0 Å². The Kier molecular flexibility index (Phi) is 5.49. The molecule has 0 radical (unpaired) electrons. The van der Waals surface area contributed by atoms with Crippen LogP contribution >= 0.6 is 15.9 Å². The van der Waals surface area contributed by atoms with Gasteiger partial charge >= 0.3 is 0 Å². The van der Waals surface area contributed by atoms with Crippen molar-refractivity contribution in [2.45, 2.75) is 58.3 Å². The molecule has 1 aliphatic rings. The summed E-state index contributed by atoms with van der Waals surface area (Å²) in [5.41, 5.74) is 4.51. The second kappa shape index (κ2) is 7.13. The van der Waals surface area contributed by atoms with Gasteiger partial charge in [0, 0.05) is 4.47 Å². The molecule has 0 amide bonds. The highest BCUT2D eigenvalue weighted by molar-refractivity contribution is 9.10. The first-order valence-electron chi connectivity index (χ1n) is 7.29. The van der Waals surface area contributed by atoms with E-state index >= 15 is 0 Å². The summed E-state index contributed by atoms with van der Waals surface area (Å²) in [6.45, 7) is 2.27. The number of hydrogen-bond donors (Lipinski definition) is 0. The molecule has 0 fully saturated rings. The molecule has 1 aliphatic carbocycles. The fraction of sp³-hybridized carbons (Fsp3) is 0.529. The SMILES string of the molecule is CCCCCCCCc1c(Br)ccc2c1C=CC2. The number of hydrogen-bond acceptors (Lipinski definition) is 0. The number of benzene rings is 1. The Bertz CT molecular complexity index is 418. The van der Waals surface area contributed by atoms with E-state index in [0.717, 1.165) is 6.42 Å². The average Bonchev–Trinajstić information content (AvgIpc) is 2.84. The van der Waals surface area contributed by atoms with E-state index in [1.807, 2.05) is 0 Å². The smallest absolute Gasteiger partial charge is 0.0213 e. The largest absolute Gasteiger partial charge is 0.0795 e. The van der Waals surface area contributed by atoms with Crippen LogP contribution in [0.25, 0.3) is 6.08 Å². The Labute approximate surface area is 120 Å². The third kappa shape index (κ3) is 3.47. The lowest BCUT2D eigenvalue weighted by atomic mass is 9.98. The van der Waals surface area contributed by atoms with Crippen molar-refractivity contribution in [2.24, 2.45) is 0 Å². The Morgan fingerprint density at radius 2 is 1.83 bits per heavy atom. The van der Waals surface area contributed by atoms with Crippen molar-refractivity contribution in [3.8, 4) is 0 Å². The summed E-state index contributed by atoms with van der Waals surface area (Å²) in [5, 5.41) is 0. The van der Waals surface area contributed by atoms with Crippen molar-refractivity contribution >= 4 is 22.0 Å². The van der Waals surface area contributed by atoms with Crippen LogP contribution in [0.4, 0.5) is 0 Å². The molecule has 1 aromatic carbocycles. The number of halogens is 1. The van der Waals surface area contributed by atoms with Gasteiger partial charge < -0.3 is 0 Å². The zero-order valence-electron chi connectivity index (χ0n) is 11.3. The molecule has 0 heterocycles. The minimum absolute atomic E-state index is 1.12. The molecule has 0 bridgehead atoms. The van der Waals surface area contributed by atoms with Gasteiger partial charge in [-0.05, 0) is 42.0 Å². The summed E-state index contributed by atoms with van der Waals surface area (Å²) in [6, 6.07) is 4.47. The predicted octanol–water partition coefficient (Wildman–Crippen LogP) is 5.92. The second-order valence-corrected chi connectivity index (χ2v) is 6.08. The minimum atomic E-state index is 1.12. The Hall–Kier alpha value is -0.560. The molecular formula is C17H23Br. The molecule has 18 heavy (non-hydrogen) atoms. The molecule has 98 valence electrons. The van der Waals surface area contributed by atoms with Gasteiger partial charge in [0.25, 0.3) is 0 Å². The van der Waals surface area contributed by atoms with Crippen molar-refractivity contribution in [1.29, 1.82) is 0 Å². The van der Waals surface area contributed by atoms with Crippen LogP contribution in [0.5, 0.6) is 0 Å². The van der Waals surface area contributed by atoms with E-state index in [0.29, 0.717) is 0 Å². The van der Waals surface area contributed by atoms with Gasteiger partial charge in [-0.2, -0.15) is 0 Å². The summed E-state index contributed by atoms with van der Waals surface area (Å²) < 4.78 is 1.29. The molecule has 0 unspecified atom stereocenters. The average molecular weight is 307 g/mol. The maximum atomic E-state index is 3.71. The standard InChI is InChI=1S/C17H23Br/c1-2-3-4-5-6-7-10-16-15-11-8-9-14(15)12-13-17(16)18/h8,11-13H,2-7,9-10H2,1H3. The number of fused-ring (bicyclic) bond motifs is 1. The lowest BCUT2D eigenvalue weighted by molar-refractivity contribution is 0.607. The third-order valence-corrected chi connectivity index (χ3v) is 4.54. The first-order chi connectivity index (χ1) is 8.83. The van der Waals surface area contributed by atoms with Crippen LogP contribution in [0.15, 0.2) is 22.7 Å². The molecule has 1 heteroatoms. The lowest BCUT2D eigenvalue weighted by Crippen LogP contribution is -1.94. The minimum Gasteiger partial charge on any atom is -0.0795 e. The van der Waals surface area contributed by atoms with E-state index in [9.17, 15) is 0 Å². The number of allylic oxidation sites excluding steroid dienone is 1. The summed E-state index contributed by atoms with van der Waals surface area (Å²) in [6.07, 6.45) is 15.2. The summed E-state index contributed by atoms with van der Waals surface area (Å²) in [7, 11) is 0. The molecular weight excluding hydrogens is 284 g/mol. The highest BCUT2D eigenvalue weighted by Gasteiger charge is 2.12. The van der Waals surface area contributed by atoms with Crippen molar-refractivity contribution in [2.75, 3.05) is 0 Å². The third-order valence-electron chi connectivity index (χ3n) is 3.79. The molecule has 1 aromatic rings. The zero-order valence-corrected chi connectivity index (χ0v) is 12.9. The van der Waals surface area contributed by atoms with E-state index in [-0.39, 0.29) is 0 Å². The summed E-state index contributed by atoms with van der Waals surface area (Å²) >= 11 is 3.71. The molecule has 2 rings (SSSR count). The van der Waals surface area contributed by atoms with Gasteiger partial charge in [0.2, 0.25) is 0 Å². The summed E-state index contributed by atoms with van der Waals surface area (Å²) in [4.78, 5) is 0. The fourth-order valence-electron chi connectivity index (χ4n) is 2.71. The van der Waals surface area contributed by atoms with E-state index in [2.05, 4.69) is 47.1 Å². The van der Waals surface area contributed by atoms with Crippen LogP contribution in [0.2, 0.25) is 0 Å². The highest BCUT2D eigenvalue weighted by Crippen LogP contribution is 2.30. The van der Waals surface area contributed by atoms with Crippen LogP contribution in [0.3, 0.4) is 0 Å². The van der Waals surface area contributed by atoms with Gasteiger partial charge in [-0.3, -0.25) is 0 Å². The topological polar surface area (TPSA) is 0 Å². The molecule has 0 N–H and O–H groups in total. The quantitative estimate of drug-likeness (QED) is 0.548. The Morgan fingerprint density at radius 3 is 2.67 bits per heavy atom. The van der Waals surface area contributed by atoms with E-state index in [1.165, 1.54) is 66.1 Å². The molecule has 0 nitrogen and oxygen atoms in total. The molecule has 0 saturated carbocycles. The Morgan fingerprint density at radius 1 is 1.06 bits per heavy atom. The first kappa shape index (κ1) is 13.9. The van der Waals surface area contributed by atoms with Gasteiger partial charge in [0.05, 0.1) is 0 Å². The van der Waals surface area contributed by atoms with Crippen molar-refractivity contribution in [3.05, 3.63) is 39.4 Å². The zero-order chi connectivity index (χ0) is 12.8. The summed E-state index contributed by atoms with van der Waals surface area (Å²) in [5.74, 6) is 0.